The number of fused-ring (bicyclic) bond motifs is 21. The van der Waals surface area contributed by atoms with Crippen LogP contribution >= 0.6 is 0 Å². The van der Waals surface area contributed by atoms with Crippen molar-refractivity contribution >= 4 is 120 Å². The zero-order valence-corrected chi connectivity index (χ0v) is 56.4. The topological polar surface area (TPSA) is 66.6 Å². The van der Waals surface area contributed by atoms with Crippen LogP contribution in [0.15, 0.2) is 344 Å². The predicted molar refractivity (Wildman–Crippen MR) is 428 cm³/mol. The number of aromatic nitrogens is 6. The van der Waals surface area contributed by atoms with Gasteiger partial charge in [0.15, 0.2) is 17.5 Å². The average molecular weight is 1320 g/mol. The minimum atomic E-state index is -0.221. The second-order valence-corrected chi connectivity index (χ2v) is 27.8. The van der Waals surface area contributed by atoms with Crippen LogP contribution in [0.25, 0.3) is 193 Å². The maximum atomic E-state index is 6.36. The van der Waals surface area contributed by atoms with Gasteiger partial charge >= 0.3 is 0 Å². The Morgan fingerprint density at radius 3 is 1.17 bits per heavy atom. The molecule has 0 N–H and O–H groups in total. The van der Waals surface area contributed by atoms with Gasteiger partial charge in [0.2, 0.25) is 0 Å². The summed E-state index contributed by atoms with van der Waals surface area (Å²) in [7, 11) is 0. The van der Waals surface area contributed by atoms with Crippen LogP contribution in [0, 0.1) is 0 Å². The van der Waals surface area contributed by atoms with Gasteiger partial charge in [0.1, 0.15) is 11.2 Å². The SMILES string of the molecule is CC1(C)c2cc3oc4ccccc4c3cc2-c2cc3c4ccccc4n(-c4cccc(-c5nc(-c6ccccc6)nc(-c6ccccc6)n5)c4)c3cc21.c1ccc(-n2c3ccccc3c3cc(-c4ccc5c(c4)c4ccccc4n5-c4ccc5c6ccccc6c6ccccc6c5c4)ccc32)cc1. The summed E-state index contributed by atoms with van der Waals surface area (Å²) in [6, 6.07) is 122. The molecule has 21 aromatic rings. The fourth-order valence-corrected chi connectivity index (χ4v) is 16.9. The first kappa shape index (κ1) is 58.5. The minimum absolute atomic E-state index is 0.221. The van der Waals surface area contributed by atoms with Crippen molar-refractivity contribution in [2.75, 3.05) is 0 Å². The molecule has 0 atom stereocenters. The fraction of sp³-hybridized carbons (Fsp3) is 0.0312. The predicted octanol–water partition coefficient (Wildman–Crippen LogP) is 25.2. The summed E-state index contributed by atoms with van der Waals surface area (Å²) in [5.74, 6) is 1.93. The number of benzene rings is 16. The van der Waals surface area contributed by atoms with Crippen molar-refractivity contribution < 1.29 is 4.42 Å². The van der Waals surface area contributed by atoms with Crippen molar-refractivity contribution in [3.05, 3.63) is 351 Å². The van der Waals surface area contributed by atoms with E-state index in [2.05, 4.69) is 301 Å². The van der Waals surface area contributed by atoms with Gasteiger partial charge in [-0.15, -0.1) is 0 Å². The first-order valence-electron chi connectivity index (χ1n) is 35.3. The molecule has 5 aromatic heterocycles. The third-order valence-corrected chi connectivity index (χ3v) is 21.7. The summed E-state index contributed by atoms with van der Waals surface area (Å²) in [5.41, 5.74) is 22.7. The zero-order chi connectivity index (χ0) is 68.0. The first-order valence-corrected chi connectivity index (χ1v) is 35.3. The number of para-hydroxylation sites is 5. The summed E-state index contributed by atoms with van der Waals surface area (Å²) in [6.45, 7) is 4.67. The maximum Gasteiger partial charge on any atom is 0.164 e. The van der Waals surface area contributed by atoms with E-state index < -0.39 is 0 Å². The van der Waals surface area contributed by atoms with Gasteiger partial charge in [-0.3, -0.25) is 0 Å². The van der Waals surface area contributed by atoms with Crippen molar-refractivity contribution in [3.63, 3.8) is 0 Å². The fourth-order valence-electron chi connectivity index (χ4n) is 16.9. The van der Waals surface area contributed by atoms with E-state index >= 15 is 0 Å². The highest BCUT2D eigenvalue weighted by molar-refractivity contribution is 6.26. The van der Waals surface area contributed by atoms with Crippen LogP contribution in [0.3, 0.4) is 0 Å². The average Bonchev–Trinajstić information content (AvgIpc) is 1.57. The molecule has 1 aliphatic rings. The Morgan fingerprint density at radius 2 is 0.612 bits per heavy atom. The summed E-state index contributed by atoms with van der Waals surface area (Å²) >= 11 is 0. The van der Waals surface area contributed by atoms with E-state index in [0.717, 1.165) is 49.8 Å². The number of hydrogen-bond donors (Lipinski definition) is 0. The molecule has 7 heteroatoms. The van der Waals surface area contributed by atoms with Gasteiger partial charge < -0.3 is 18.1 Å². The second-order valence-electron chi connectivity index (χ2n) is 27.8. The lowest BCUT2D eigenvalue weighted by atomic mass is 9.82. The molecule has 0 amide bonds. The normalized spacial score (nSPS) is 12.6. The molecule has 7 nitrogen and oxygen atoms in total. The van der Waals surface area contributed by atoms with Gasteiger partial charge in [0.05, 0.1) is 33.1 Å². The molecule has 0 unspecified atom stereocenters. The second kappa shape index (κ2) is 22.8. The van der Waals surface area contributed by atoms with E-state index in [4.69, 9.17) is 19.4 Å². The highest BCUT2D eigenvalue weighted by atomic mass is 16.3. The van der Waals surface area contributed by atoms with E-state index in [1.807, 2.05) is 66.7 Å². The standard InChI is InChI=1S/C48H32N4O.C48H30N2/c1-48(2)39-27-42-37(25-35(39)36-26-38-34-21-10-12-23-43(34)53-44(38)28-40(36)48)33-20-9-11-22-41(33)52(42)32-19-13-18-31(24-32)47-50-45(29-14-5-3-6-15-29)49-46(51-47)30-16-7-4-8-17-30;1-2-12-33(13-3-1)49-45-20-10-8-18-40(45)43-28-31(22-26-47(43)49)32-23-27-48-44(29-32)41-19-9-11-21-46(41)50(48)34-24-25-39-37-16-5-4-14-35(37)36-15-6-7-17-38(36)42(39)30-34/h3-28H,1-2H3;1-30H. The summed E-state index contributed by atoms with van der Waals surface area (Å²) in [5, 5.41) is 17.5. The molecular formula is C96H62N6O. The van der Waals surface area contributed by atoms with E-state index in [-0.39, 0.29) is 5.41 Å². The molecule has 0 saturated heterocycles. The molecule has 0 bridgehead atoms. The van der Waals surface area contributed by atoms with E-state index in [1.54, 1.807) is 0 Å². The molecule has 0 radical (unpaired) electrons. The van der Waals surface area contributed by atoms with Crippen molar-refractivity contribution in [3.8, 4) is 73.5 Å². The van der Waals surface area contributed by atoms with Gasteiger partial charge in [-0.05, 0) is 175 Å². The monoisotopic (exact) mass is 1310 g/mol. The Kier molecular flexibility index (Phi) is 12.9. The zero-order valence-electron chi connectivity index (χ0n) is 56.4. The molecule has 0 spiro atoms. The minimum Gasteiger partial charge on any atom is -0.456 e. The van der Waals surface area contributed by atoms with E-state index in [9.17, 15) is 0 Å². The molecular weight excluding hydrogens is 1250 g/mol. The first-order chi connectivity index (χ1) is 50.8. The van der Waals surface area contributed by atoms with Crippen molar-refractivity contribution in [2.45, 2.75) is 19.3 Å². The Balaban J connectivity index is 0.000000134. The molecule has 16 aromatic carbocycles. The molecule has 5 heterocycles. The molecule has 482 valence electrons. The van der Waals surface area contributed by atoms with Gasteiger partial charge in [0, 0.05) is 82.3 Å². The molecule has 0 aliphatic heterocycles. The Labute approximate surface area is 592 Å². The molecule has 22 rings (SSSR count). The van der Waals surface area contributed by atoms with Gasteiger partial charge in [0.25, 0.3) is 0 Å². The number of hydrogen-bond acceptors (Lipinski definition) is 4. The lowest BCUT2D eigenvalue weighted by Gasteiger charge is -2.21. The van der Waals surface area contributed by atoms with E-state index in [1.165, 1.54) is 137 Å². The van der Waals surface area contributed by atoms with Crippen molar-refractivity contribution in [2.24, 2.45) is 0 Å². The van der Waals surface area contributed by atoms with E-state index in [0.29, 0.717) is 17.5 Å². The largest absolute Gasteiger partial charge is 0.456 e. The smallest absolute Gasteiger partial charge is 0.164 e. The molecule has 0 fully saturated rings. The van der Waals surface area contributed by atoms with Crippen LogP contribution in [0.5, 0.6) is 0 Å². The highest BCUT2D eigenvalue weighted by Gasteiger charge is 2.38. The Morgan fingerprint density at radius 1 is 0.223 bits per heavy atom. The maximum absolute atomic E-state index is 6.36. The molecule has 1 aliphatic carbocycles. The van der Waals surface area contributed by atoms with Crippen LogP contribution in [0.2, 0.25) is 0 Å². The summed E-state index contributed by atoms with van der Waals surface area (Å²) in [4.78, 5) is 15.0. The van der Waals surface area contributed by atoms with Gasteiger partial charge in [-0.1, -0.05) is 244 Å². The number of nitrogens with zero attached hydrogens (tertiary/aromatic N) is 6. The van der Waals surface area contributed by atoms with Crippen molar-refractivity contribution in [1.82, 2.24) is 28.7 Å². The molecule has 103 heavy (non-hydrogen) atoms. The third-order valence-electron chi connectivity index (χ3n) is 21.7. The van der Waals surface area contributed by atoms with Crippen LogP contribution in [-0.4, -0.2) is 28.7 Å². The summed E-state index contributed by atoms with van der Waals surface area (Å²) < 4.78 is 13.6. The number of rotatable bonds is 7. The summed E-state index contributed by atoms with van der Waals surface area (Å²) in [6.07, 6.45) is 0. The van der Waals surface area contributed by atoms with Gasteiger partial charge in [-0.25, -0.2) is 15.0 Å². The van der Waals surface area contributed by atoms with Gasteiger partial charge in [-0.2, -0.15) is 0 Å². The molecule has 0 saturated carbocycles. The van der Waals surface area contributed by atoms with Crippen LogP contribution in [0.4, 0.5) is 0 Å². The lowest BCUT2D eigenvalue weighted by molar-refractivity contribution is 0.647. The lowest BCUT2D eigenvalue weighted by Crippen LogP contribution is -2.15. The third kappa shape index (κ3) is 9.12. The van der Waals surface area contributed by atoms with Crippen LogP contribution in [0.1, 0.15) is 25.0 Å². The van der Waals surface area contributed by atoms with Crippen LogP contribution < -0.4 is 0 Å². The van der Waals surface area contributed by atoms with Crippen molar-refractivity contribution in [1.29, 1.82) is 0 Å². The highest BCUT2D eigenvalue weighted by Crippen LogP contribution is 2.53. The Hall–Kier alpha value is -13.5. The number of furan rings is 1. The quantitative estimate of drug-likeness (QED) is 0.149. The Bertz CT molecular complexity index is 6980. The van der Waals surface area contributed by atoms with Crippen LogP contribution in [-0.2, 0) is 5.41 Å².